The maximum Gasteiger partial charge on any atom is 0.326 e. The molecule has 0 radical (unpaired) electrons. The van der Waals surface area contributed by atoms with E-state index in [0.717, 1.165) is 68.8 Å². The highest BCUT2D eigenvalue weighted by molar-refractivity contribution is 6.02. The highest BCUT2D eigenvalue weighted by atomic mass is 16.2. The van der Waals surface area contributed by atoms with Gasteiger partial charge < -0.3 is 10.6 Å². The zero-order valence-corrected chi connectivity index (χ0v) is 19.0. The number of para-hydroxylation sites is 1. The third-order valence-electron chi connectivity index (χ3n) is 6.62. The van der Waals surface area contributed by atoms with Gasteiger partial charge in [-0.2, -0.15) is 0 Å². The Hall–Kier alpha value is -2.86. The van der Waals surface area contributed by atoms with Crippen LogP contribution in [0.1, 0.15) is 43.7 Å². The average Bonchev–Trinajstić information content (AvgIpc) is 3.16. The van der Waals surface area contributed by atoms with E-state index >= 15 is 0 Å². The number of aryl methyl sites for hydroxylation is 1. The second-order valence-corrected chi connectivity index (χ2v) is 8.77. The van der Waals surface area contributed by atoms with Gasteiger partial charge in [-0.15, -0.1) is 0 Å². The Kier molecular flexibility index (Phi) is 7.43. The van der Waals surface area contributed by atoms with Crippen molar-refractivity contribution in [3.05, 3.63) is 59.7 Å². The van der Waals surface area contributed by atoms with Crippen molar-refractivity contribution < 1.29 is 9.59 Å². The van der Waals surface area contributed by atoms with Crippen LogP contribution in [0.25, 0.3) is 0 Å². The highest BCUT2D eigenvalue weighted by Crippen LogP contribution is 2.26. The number of likely N-dealkylation sites (tertiary alicyclic amines) is 1. The van der Waals surface area contributed by atoms with Gasteiger partial charge in [-0.25, -0.2) is 4.79 Å². The molecule has 0 aromatic heterocycles. The fraction of sp³-hybridized carbons (Fsp3) is 0.462. The van der Waals surface area contributed by atoms with Gasteiger partial charge in [0.15, 0.2) is 0 Å². The molecule has 2 aliphatic rings. The summed E-state index contributed by atoms with van der Waals surface area (Å²) in [7, 11) is 0. The van der Waals surface area contributed by atoms with Gasteiger partial charge in [0, 0.05) is 30.5 Å². The van der Waals surface area contributed by atoms with Crippen LogP contribution < -0.4 is 15.5 Å². The fourth-order valence-corrected chi connectivity index (χ4v) is 4.82. The van der Waals surface area contributed by atoms with Crippen LogP contribution in [-0.4, -0.2) is 49.1 Å². The lowest BCUT2D eigenvalue weighted by Gasteiger charge is -2.23. The minimum absolute atomic E-state index is 0.0471. The smallest absolute Gasteiger partial charge is 0.326 e. The number of fused-ring (bicyclic) bond motifs is 1. The second-order valence-electron chi connectivity index (χ2n) is 8.77. The van der Waals surface area contributed by atoms with Crippen LogP contribution in [0.5, 0.6) is 0 Å². The number of hydrogen-bond acceptors (Lipinski definition) is 3. The third-order valence-corrected chi connectivity index (χ3v) is 6.62. The molecule has 1 unspecified atom stereocenters. The Balaban J connectivity index is 1.30. The first-order valence-corrected chi connectivity index (χ1v) is 11.9. The Morgan fingerprint density at radius 2 is 1.81 bits per heavy atom. The van der Waals surface area contributed by atoms with Crippen LogP contribution >= 0.6 is 0 Å². The zero-order valence-electron chi connectivity index (χ0n) is 19.0. The van der Waals surface area contributed by atoms with Crippen molar-refractivity contribution >= 4 is 23.3 Å². The zero-order chi connectivity index (χ0) is 22.3. The molecular formula is C26H34N4O2. The molecule has 1 saturated heterocycles. The van der Waals surface area contributed by atoms with Gasteiger partial charge in [0.1, 0.15) is 0 Å². The molecule has 2 heterocycles. The number of nitrogens with one attached hydrogen (secondary N) is 2. The number of benzene rings is 2. The molecule has 6 nitrogen and oxygen atoms in total. The second kappa shape index (κ2) is 10.6. The van der Waals surface area contributed by atoms with Crippen molar-refractivity contribution in [1.82, 2.24) is 10.2 Å². The first-order chi connectivity index (χ1) is 15.6. The number of anilines is 2. The molecule has 32 heavy (non-hydrogen) atoms. The van der Waals surface area contributed by atoms with Crippen LogP contribution in [0.15, 0.2) is 48.5 Å². The van der Waals surface area contributed by atoms with Gasteiger partial charge in [-0.05, 0) is 74.5 Å². The number of carbonyl (C=O) groups excluding carboxylic acids is 2. The van der Waals surface area contributed by atoms with Crippen molar-refractivity contribution in [1.29, 1.82) is 0 Å². The van der Waals surface area contributed by atoms with E-state index in [1.807, 2.05) is 47.4 Å². The maximum atomic E-state index is 13.0. The topological polar surface area (TPSA) is 64.7 Å². The summed E-state index contributed by atoms with van der Waals surface area (Å²) in [6.07, 6.45) is 5.82. The number of hydrogen-bond donors (Lipinski definition) is 2. The molecule has 0 bridgehead atoms. The van der Waals surface area contributed by atoms with Gasteiger partial charge in [0.05, 0.1) is 6.42 Å². The lowest BCUT2D eigenvalue weighted by Crippen LogP contribution is -2.40. The van der Waals surface area contributed by atoms with Crippen molar-refractivity contribution in [3.63, 3.8) is 0 Å². The molecule has 1 fully saturated rings. The first-order valence-electron chi connectivity index (χ1n) is 11.9. The molecule has 2 aliphatic heterocycles. The van der Waals surface area contributed by atoms with Crippen molar-refractivity contribution in [2.75, 3.05) is 36.4 Å². The Morgan fingerprint density at radius 1 is 1.00 bits per heavy atom. The van der Waals surface area contributed by atoms with E-state index in [2.05, 4.69) is 28.5 Å². The van der Waals surface area contributed by atoms with E-state index in [0.29, 0.717) is 12.5 Å². The van der Waals surface area contributed by atoms with E-state index in [-0.39, 0.29) is 11.9 Å². The van der Waals surface area contributed by atoms with Crippen molar-refractivity contribution in [2.24, 2.45) is 0 Å². The van der Waals surface area contributed by atoms with E-state index < -0.39 is 0 Å². The van der Waals surface area contributed by atoms with Gasteiger partial charge >= 0.3 is 6.03 Å². The van der Waals surface area contributed by atoms with E-state index in [4.69, 9.17) is 0 Å². The van der Waals surface area contributed by atoms with Crippen LogP contribution in [0.2, 0.25) is 0 Å². The van der Waals surface area contributed by atoms with Gasteiger partial charge in [-0.3, -0.25) is 14.6 Å². The van der Waals surface area contributed by atoms with Gasteiger partial charge in [-0.1, -0.05) is 37.3 Å². The molecule has 3 amide bonds. The molecule has 0 saturated carbocycles. The summed E-state index contributed by atoms with van der Waals surface area (Å²) in [5, 5.41) is 6.10. The number of rotatable bonds is 6. The molecule has 2 N–H and O–H groups in total. The minimum atomic E-state index is -0.109. The SMILES string of the molecule is CCN1CCCC1CNC(=O)Cc1ccc(NC(=O)N2CCCCc3ccccc32)cc1. The number of likely N-dealkylation sites (N-methyl/N-ethyl adjacent to an activating group) is 1. The average molecular weight is 435 g/mol. The van der Waals surface area contributed by atoms with E-state index in [9.17, 15) is 9.59 Å². The predicted octanol–water partition coefficient (Wildman–Crippen LogP) is 4.20. The molecule has 6 heteroatoms. The number of carbonyl (C=O) groups is 2. The summed E-state index contributed by atoms with van der Waals surface area (Å²) in [5.74, 6) is 0.0471. The molecule has 2 aromatic carbocycles. The summed E-state index contributed by atoms with van der Waals surface area (Å²) in [4.78, 5) is 29.6. The lowest BCUT2D eigenvalue weighted by molar-refractivity contribution is -0.120. The standard InChI is InChI=1S/C26H34N4O2/c1-2-29-16-7-10-23(29)19-27-25(31)18-20-12-14-22(15-13-20)28-26(32)30-17-6-5-9-21-8-3-4-11-24(21)30/h3-4,8,11-15,23H,2,5-7,9-10,16-19H2,1H3,(H,27,31)(H,28,32). The number of amides is 3. The minimum Gasteiger partial charge on any atom is -0.354 e. The molecule has 4 rings (SSSR count). The lowest BCUT2D eigenvalue weighted by atomic mass is 10.1. The van der Waals surface area contributed by atoms with Crippen molar-refractivity contribution in [2.45, 2.75) is 51.5 Å². The summed E-state index contributed by atoms with van der Waals surface area (Å²) in [6, 6.07) is 16.1. The fourth-order valence-electron chi connectivity index (χ4n) is 4.82. The Morgan fingerprint density at radius 3 is 2.62 bits per heavy atom. The number of urea groups is 1. The van der Waals surface area contributed by atoms with Crippen LogP contribution in [-0.2, 0) is 17.6 Å². The largest absolute Gasteiger partial charge is 0.354 e. The quantitative estimate of drug-likeness (QED) is 0.716. The van der Waals surface area contributed by atoms with Gasteiger partial charge in [0.2, 0.25) is 5.91 Å². The van der Waals surface area contributed by atoms with Crippen LogP contribution in [0.4, 0.5) is 16.2 Å². The molecule has 0 aliphatic carbocycles. The Labute approximate surface area is 191 Å². The van der Waals surface area contributed by atoms with Crippen LogP contribution in [0, 0.1) is 0 Å². The molecular weight excluding hydrogens is 400 g/mol. The third kappa shape index (κ3) is 5.49. The summed E-state index contributed by atoms with van der Waals surface area (Å²) < 4.78 is 0. The van der Waals surface area contributed by atoms with Crippen LogP contribution in [0.3, 0.4) is 0 Å². The maximum absolute atomic E-state index is 13.0. The normalized spacial score (nSPS) is 18.7. The highest BCUT2D eigenvalue weighted by Gasteiger charge is 2.23. The van der Waals surface area contributed by atoms with E-state index in [1.54, 1.807) is 0 Å². The summed E-state index contributed by atoms with van der Waals surface area (Å²) in [6.45, 7) is 5.78. The summed E-state index contributed by atoms with van der Waals surface area (Å²) in [5.41, 5.74) is 3.91. The first kappa shape index (κ1) is 22.3. The molecule has 0 spiro atoms. The predicted molar refractivity (Wildman–Crippen MR) is 129 cm³/mol. The van der Waals surface area contributed by atoms with Gasteiger partial charge in [0.25, 0.3) is 0 Å². The number of nitrogens with zero attached hydrogens (tertiary/aromatic N) is 2. The Bertz CT molecular complexity index is 928. The monoisotopic (exact) mass is 434 g/mol. The molecule has 1 atom stereocenters. The summed E-state index contributed by atoms with van der Waals surface area (Å²) >= 11 is 0. The van der Waals surface area contributed by atoms with E-state index in [1.165, 1.54) is 12.0 Å². The molecule has 170 valence electrons. The van der Waals surface area contributed by atoms with Crippen molar-refractivity contribution in [3.8, 4) is 0 Å². The molecule has 2 aromatic rings.